The van der Waals surface area contributed by atoms with Crippen LogP contribution >= 0.6 is 0 Å². The van der Waals surface area contributed by atoms with Crippen LogP contribution in [0.15, 0.2) is 42.5 Å². The van der Waals surface area contributed by atoms with Gasteiger partial charge in [-0.15, -0.1) is 0 Å². The molecule has 0 spiro atoms. The number of ether oxygens (including phenoxy) is 1. The number of carbonyl (C=O) groups excluding carboxylic acids is 3. The number of likely N-dealkylation sites (tertiary alicyclic amines) is 1. The first-order valence-electron chi connectivity index (χ1n) is 9.95. The van der Waals surface area contributed by atoms with Crippen molar-refractivity contribution in [2.75, 3.05) is 24.6 Å². The van der Waals surface area contributed by atoms with E-state index >= 15 is 0 Å². The van der Waals surface area contributed by atoms with E-state index in [1.807, 2.05) is 42.5 Å². The van der Waals surface area contributed by atoms with E-state index in [4.69, 9.17) is 4.74 Å². The molecule has 2 saturated heterocycles. The Morgan fingerprint density at radius 3 is 2.75 bits per heavy atom. The Hall–Kier alpha value is -2.73. The van der Waals surface area contributed by atoms with Crippen LogP contribution in [0, 0.1) is 5.92 Å². The van der Waals surface area contributed by atoms with Crippen molar-refractivity contribution in [1.29, 1.82) is 0 Å². The third-order valence-corrected chi connectivity index (χ3v) is 5.81. The van der Waals surface area contributed by atoms with Crippen molar-refractivity contribution in [3.8, 4) is 0 Å². The molecule has 0 bridgehead atoms. The van der Waals surface area contributed by atoms with Gasteiger partial charge in [0, 0.05) is 0 Å². The van der Waals surface area contributed by atoms with Gasteiger partial charge in [0.25, 0.3) is 5.91 Å². The second-order valence-corrected chi connectivity index (χ2v) is 7.56. The smallest absolute Gasteiger partial charge is 0.314 e. The molecule has 1 unspecified atom stereocenters. The molecule has 2 aliphatic rings. The lowest BCUT2D eigenvalue weighted by Gasteiger charge is -2.31. The molecule has 28 heavy (non-hydrogen) atoms. The number of piperidine rings is 1. The summed E-state index contributed by atoms with van der Waals surface area (Å²) in [6, 6.07) is 13.1. The van der Waals surface area contributed by atoms with Gasteiger partial charge < -0.3 is 9.64 Å². The zero-order valence-corrected chi connectivity index (χ0v) is 16.0. The minimum Gasteiger partial charge on any atom is -0.466 e. The van der Waals surface area contributed by atoms with Crippen molar-refractivity contribution in [2.24, 2.45) is 5.92 Å². The first-order valence-corrected chi connectivity index (χ1v) is 9.95. The fourth-order valence-electron chi connectivity index (χ4n) is 4.41. The summed E-state index contributed by atoms with van der Waals surface area (Å²) in [6.45, 7) is 3.51. The summed E-state index contributed by atoms with van der Waals surface area (Å²) in [5.74, 6) is -0.722. The molecule has 0 radical (unpaired) electrons. The quantitative estimate of drug-likeness (QED) is 0.641. The molecule has 146 valence electrons. The number of hydrogen-bond acceptors (Lipinski definition) is 4. The van der Waals surface area contributed by atoms with E-state index in [1.165, 1.54) is 4.90 Å². The summed E-state index contributed by atoms with van der Waals surface area (Å²) in [7, 11) is 0. The van der Waals surface area contributed by atoms with Crippen LogP contribution < -0.4 is 9.80 Å². The van der Waals surface area contributed by atoms with Gasteiger partial charge in [-0.2, -0.15) is 0 Å². The van der Waals surface area contributed by atoms with Gasteiger partial charge in [0.2, 0.25) is 5.91 Å². The van der Waals surface area contributed by atoms with Gasteiger partial charge in [0.1, 0.15) is 5.92 Å². The van der Waals surface area contributed by atoms with Crippen LogP contribution in [0.3, 0.4) is 0 Å². The number of nitrogens with one attached hydrogen (secondary N) is 1. The van der Waals surface area contributed by atoms with E-state index in [0.717, 1.165) is 35.1 Å². The molecule has 2 fully saturated rings. The molecule has 2 amide bonds. The van der Waals surface area contributed by atoms with Crippen LogP contribution in [-0.4, -0.2) is 43.5 Å². The number of benzene rings is 2. The van der Waals surface area contributed by atoms with E-state index in [9.17, 15) is 14.4 Å². The predicted octanol–water partition coefficient (Wildman–Crippen LogP) is 1.33. The summed E-state index contributed by atoms with van der Waals surface area (Å²) in [6.07, 6.45) is 1.83. The highest BCUT2D eigenvalue weighted by molar-refractivity contribution is 6.22. The highest BCUT2D eigenvalue weighted by Crippen LogP contribution is 2.26. The van der Waals surface area contributed by atoms with Crippen molar-refractivity contribution in [3.63, 3.8) is 0 Å². The zero-order valence-electron chi connectivity index (χ0n) is 16.0. The van der Waals surface area contributed by atoms with Gasteiger partial charge in [-0.05, 0) is 42.7 Å². The van der Waals surface area contributed by atoms with Crippen LogP contribution in [0.25, 0.3) is 10.8 Å². The topological polar surface area (TPSA) is 68.1 Å². The van der Waals surface area contributed by atoms with Gasteiger partial charge in [-0.3, -0.25) is 14.4 Å². The molecule has 2 heterocycles. The van der Waals surface area contributed by atoms with Crippen molar-refractivity contribution in [3.05, 3.63) is 42.5 Å². The van der Waals surface area contributed by atoms with Gasteiger partial charge in [-0.1, -0.05) is 30.3 Å². The van der Waals surface area contributed by atoms with Crippen molar-refractivity contribution in [1.82, 2.24) is 0 Å². The molecule has 0 saturated carbocycles. The monoisotopic (exact) mass is 381 g/mol. The predicted molar refractivity (Wildman–Crippen MR) is 105 cm³/mol. The highest BCUT2D eigenvalue weighted by atomic mass is 16.5. The van der Waals surface area contributed by atoms with Gasteiger partial charge in [0.05, 0.1) is 31.8 Å². The zero-order chi connectivity index (χ0) is 19.7. The van der Waals surface area contributed by atoms with Crippen molar-refractivity contribution >= 4 is 34.2 Å². The number of imide groups is 1. The first kappa shape index (κ1) is 18.6. The lowest BCUT2D eigenvalue weighted by atomic mass is 9.96. The highest BCUT2D eigenvalue weighted by Gasteiger charge is 2.47. The Morgan fingerprint density at radius 2 is 1.96 bits per heavy atom. The van der Waals surface area contributed by atoms with Gasteiger partial charge >= 0.3 is 5.97 Å². The molecule has 0 aliphatic carbocycles. The Bertz CT molecular complexity index is 926. The van der Waals surface area contributed by atoms with E-state index in [1.54, 1.807) is 6.92 Å². The Labute approximate surface area is 164 Å². The molecule has 2 aliphatic heterocycles. The normalized spacial score (nSPS) is 25.3. The van der Waals surface area contributed by atoms with Crippen LogP contribution in [-0.2, 0) is 19.1 Å². The van der Waals surface area contributed by atoms with E-state index in [-0.39, 0.29) is 30.1 Å². The Kier molecular flexibility index (Phi) is 5.13. The summed E-state index contributed by atoms with van der Waals surface area (Å²) in [4.78, 5) is 40.3. The third-order valence-electron chi connectivity index (χ3n) is 5.81. The minimum absolute atomic E-state index is 0.167. The summed E-state index contributed by atoms with van der Waals surface area (Å²) in [5.41, 5.74) is 0.620. The largest absolute Gasteiger partial charge is 0.466 e. The average Bonchev–Trinajstić information content (AvgIpc) is 3.02. The molecular formula is C22H25N2O4+. The summed E-state index contributed by atoms with van der Waals surface area (Å²) in [5, 5.41) is 2.07. The number of anilines is 1. The second-order valence-electron chi connectivity index (χ2n) is 7.56. The van der Waals surface area contributed by atoms with Gasteiger partial charge in [-0.25, -0.2) is 4.90 Å². The number of carbonyl (C=O) groups is 3. The number of fused-ring (bicyclic) bond motifs is 1. The maximum Gasteiger partial charge on any atom is 0.314 e. The molecule has 6 heteroatoms. The van der Waals surface area contributed by atoms with Crippen molar-refractivity contribution in [2.45, 2.75) is 32.2 Å². The van der Waals surface area contributed by atoms with Crippen LogP contribution in [0.1, 0.15) is 26.2 Å². The van der Waals surface area contributed by atoms with Crippen LogP contribution in [0.5, 0.6) is 0 Å². The van der Waals surface area contributed by atoms with E-state index < -0.39 is 6.04 Å². The first-order chi connectivity index (χ1) is 13.6. The average molecular weight is 381 g/mol. The standard InChI is InChI=1S/C22H24N2O4/c1-2-28-22(27)17-8-5-11-23(14-17)19-13-20(25)24(21(19)26)18-10-9-15-6-3-4-7-16(15)12-18/h3-4,6-7,9-10,12,17,19H,2,5,8,11,13-14H2,1H3/p+1/t17-,19-/m1/s1. The molecule has 6 nitrogen and oxygen atoms in total. The Morgan fingerprint density at radius 1 is 1.18 bits per heavy atom. The lowest BCUT2D eigenvalue weighted by Crippen LogP contribution is -3.18. The number of hydrogen-bond donors (Lipinski definition) is 1. The third kappa shape index (κ3) is 3.40. The molecule has 2 aromatic rings. The fraction of sp³-hybridized carbons (Fsp3) is 0.409. The van der Waals surface area contributed by atoms with Gasteiger partial charge in [0.15, 0.2) is 6.04 Å². The van der Waals surface area contributed by atoms with Crippen LogP contribution in [0.4, 0.5) is 5.69 Å². The number of nitrogens with zero attached hydrogens (tertiary/aromatic N) is 1. The van der Waals surface area contributed by atoms with Crippen molar-refractivity contribution < 1.29 is 24.0 Å². The number of amides is 2. The summed E-state index contributed by atoms with van der Waals surface area (Å²) >= 11 is 0. The van der Waals surface area contributed by atoms with E-state index in [0.29, 0.717) is 18.8 Å². The Balaban J connectivity index is 1.54. The SMILES string of the molecule is CCOC(=O)[C@@H]1CCC[NH+]([C@@H]2CC(=O)N(c3ccc4ccccc4c3)C2=O)C1. The molecule has 3 atom stereocenters. The maximum absolute atomic E-state index is 13.1. The number of quaternary nitrogens is 1. The molecule has 2 aromatic carbocycles. The van der Waals surface area contributed by atoms with E-state index in [2.05, 4.69) is 0 Å². The molecule has 4 rings (SSSR count). The fourth-order valence-corrected chi connectivity index (χ4v) is 4.41. The van der Waals surface area contributed by atoms with Crippen LogP contribution in [0.2, 0.25) is 0 Å². The minimum atomic E-state index is -0.420. The lowest BCUT2D eigenvalue weighted by molar-refractivity contribution is -0.922. The summed E-state index contributed by atoms with van der Waals surface area (Å²) < 4.78 is 5.16. The number of rotatable bonds is 4. The second kappa shape index (κ2) is 7.72. The maximum atomic E-state index is 13.1. The molecular weight excluding hydrogens is 356 g/mol. The number of esters is 1. The molecule has 1 N–H and O–H groups in total. The molecule has 0 aromatic heterocycles.